The zero-order valence-corrected chi connectivity index (χ0v) is 15.0. The Morgan fingerprint density at radius 2 is 1.92 bits per heavy atom. The molecule has 2 aromatic carbocycles. The predicted molar refractivity (Wildman–Crippen MR) is 98.2 cm³/mol. The van der Waals surface area contributed by atoms with Crippen molar-refractivity contribution in [2.24, 2.45) is 0 Å². The molecule has 0 unspecified atom stereocenters. The van der Waals surface area contributed by atoms with Crippen molar-refractivity contribution in [3.8, 4) is 5.75 Å². The van der Waals surface area contributed by atoms with Crippen LogP contribution >= 0.6 is 15.9 Å². The summed E-state index contributed by atoms with van der Waals surface area (Å²) in [6, 6.07) is 11.9. The highest BCUT2D eigenvalue weighted by Gasteiger charge is 2.15. The van der Waals surface area contributed by atoms with E-state index in [2.05, 4.69) is 31.8 Å². The molecule has 0 spiro atoms. The number of aromatic nitrogens is 1. The minimum absolute atomic E-state index is 0.0926. The first-order valence-corrected chi connectivity index (χ1v) is 8.39. The molecule has 1 heterocycles. The number of amides is 2. The van der Waals surface area contributed by atoms with Gasteiger partial charge in [0, 0.05) is 21.1 Å². The number of phenolic OH excluding ortho intramolecular Hbond substituents is 1. The van der Waals surface area contributed by atoms with Crippen LogP contribution < -0.4 is 10.9 Å². The fraction of sp³-hybridized carbons (Fsp3) is 0.111. The van der Waals surface area contributed by atoms with Gasteiger partial charge in [-0.05, 0) is 42.8 Å². The molecular formula is C18H16BrN3O3. The van der Waals surface area contributed by atoms with Crippen LogP contribution in [0.1, 0.15) is 21.6 Å². The molecule has 4 N–H and O–H groups in total. The lowest BCUT2D eigenvalue weighted by Crippen LogP contribution is -2.42. The third kappa shape index (κ3) is 3.66. The molecule has 0 aliphatic rings. The highest BCUT2D eigenvalue weighted by Crippen LogP contribution is 2.25. The average Bonchev–Trinajstić information content (AvgIpc) is 2.88. The first-order chi connectivity index (χ1) is 12.0. The smallest absolute Gasteiger partial charge is 0.273 e. The van der Waals surface area contributed by atoms with Gasteiger partial charge < -0.3 is 10.1 Å². The number of para-hydroxylation sites is 1. The number of fused-ring (bicyclic) bond motifs is 1. The van der Waals surface area contributed by atoms with Crippen LogP contribution in [-0.4, -0.2) is 21.9 Å². The molecule has 25 heavy (non-hydrogen) atoms. The number of hydrogen-bond acceptors (Lipinski definition) is 3. The van der Waals surface area contributed by atoms with Gasteiger partial charge in [-0.15, -0.1) is 0 Å². The third-order valence-electron chi connectivity index (χ3n) is 3.88. The molecule has 0 saturated carbocycles. The van der Waals surface area contributed by atoms with Crippen molar-refractivity contribution in [3.05, 3.63) is 63.8 Å². The Bertz CT molecular complexity index is 965. The molecule has 0 aliphatic carbocycles. The van der Waals surface area contributed by atoms with E-state index in [0.717, 1.165) is 26.6 Å². The fourth-order valence-electron chi connectivity index (χ4n) is 2.65. The minimum Gasteiger partial charge on any atom is -0.507 e. The Hall–Kier alpha value is -2.80. The summed E-state index contributed by atoms with van der Waals surface area (Å²) < 4.78 is 0.925. The molecule has 128 valence electrons. The molecule has 7 heteroatoms. The number of phenols is 1. The fourth-order valence-corrected chi connectivity index (χ4v) is 3.01. The number of aromatic hydroxyl groups is 1. The molecule has 2 amide bonds. The lowest BCUT2D eigenvalue weighted by molar-refractivity contribution is -0.121. The molecule has 0 aliphatic heterocycles. The second-order valence-corrected chi connectivity index (χ2v) is 6.53. The standard InChI is InChI=1S/C18H16BrN3O3/c1-10-13(14-8-11(19)6-7-15(14)20-10)9-17(24)21-22-18(25)12-4-2-3-5-16(12)23/h2-8,20,23H,9H2,1H3,(H,21,24)(H,22,25). The third-order valence-corrected chi connectivity index (χ3v) is 4.38. The second-order valence-electron chi connectivity index (χ2n) is 5.61. The van der Waals surface area contributed by atoms with Gasteiger partial charge in [0.1, 0.15) is 5.75 Å². The number of hydrogen-bond donors (Lipinski definition) is 4. The lowest BCUT2D eigenvalue weighted by atomic mass is 10.1. The molecular weight excluding hydrogens is 386 g/mol. The van der Waals surface area contributed by atoms with Crippen LogP contribution in [-0.2, 0) is 11.2 Å². The Kier molecular flexibility index (Phi) is 4.76. The second kappa shape index (κ2) is 6.98. The quantitative estimate of drug-likeness (QED) is 0.508. The number of rotatable bonds is 3. The zero-order chi connectivity index (χ0) is 18.0. The number of benzene rings is 2. The largest absolute Gasteiger partial charge is 0.507 e. The summed E-state index contributed by atoms with van der Waals surface area (Å²) in [6.07, 6.45) is 0.114. The molecule has 1 aromatic heterocycles. The van der Waals surface area contributed by atoms with E-state index in [-0.39, 0.29) is 23.6 Å². The summed E-state index contributed by atoms with van der Waals surface area (Å²) in [5.41, 5.74) is 7.49. The Labute approximate surface area is 152 Å². The van der Waals surface area contributed by atoms with E-state index in [1.807, 2.05) is 25.1 Å². The summed E-state index contributed by atoms with van der Waals surface area (Å²) in [6.45, 7) is 1.90. The Morgan fingerprint density at radius 1 is 1.16 bits per heavy atom. The van der Waals surface area contributed by atoms with E-state index in [4.69, 9.17) is 0 Å². The molecule has 0 fully saturated rings. The van der Waals surface area contributed by atoms with Gasteiger partial charge in [-0.1, -0.05) is 28.1 Å². The van der Waals surface area contributed by atoms with E-state index in [9.17, 15) is 14.7 Å². The van der Waals surface area contributed by atoms with Crippen molar-refractivity contribution in [1.29, 1.82) is 0 Å². The monoisotopic (exact) mass is 401 g/mol. The summed E-state index contributed by atoms with van der Waals surface area (Å²) in [4.78, 5) is 27.4. The van der Waals surface area contributed by atoms with Crippen LogP contribution in [0.2, 0.25) is 0 Å². The van der Waals surface area contributed by atoms with Gasteiger partial charge >= 0.3 is 0 Å². The van der Waals surface area contributed by atoms with Crippen molar-refractivity contribution < 1.29 is 14.7 Å². The zero-order valence-electron chi connectivity index (χ0n) is 13.4. The highest BCUT2D eigenvalue weighted by molar-refractivity contribution is 9.10. The van der Waals surface area contributed by atoms with Gasteiger partial charge in [-0.2, -0.15) is 0 Å². The average molecular weight is 402 g/mol. The predicted octanol–water partition coefficient (Wildman–Crippen LogP) is 2.95. The van der Waals surface area contributed by atoms with E-state index in [1.54, 1.807) is 12.1 Å². The minimum atomic E-state index is -0.579. The number of nitrogens with one attached hydrogen (secondary N) is 3. The topological polar surface area (TPSA) is 94.2 Å². The number of halogens is 1. The van der Waals surface area contributed by atoms with Gasteiger partial charge in [-0.3, -0.25) is 20.4 Å². The maximum Gasteiger partial charge on any atom is 0.273 e. The van der Waals surface area contributed by atoms with Crippen molar-refractivity contribution in [1.82, 2.24) is 15.8 Å². The van der Waals surface area contributed by atoms with Crippen molar-refractivity contribution >= 4 is 38.6 Å². The van der Waals surface area contributed by atoms with Crippen molar-refractivity contribution in [2.45, 2.75) is 13.3 Å². The van der Waals surface area contributed by atoms with Crippen LogP contribution in [0.5, 0.6) is 5.75 Å². The summed E-state index contributed by atoms with van der Waals surface area (Å²) in [5, 5.41) is 10.6. The number of carbonyl (C=O) groups excluding carboxylic acids is 2. The lowest BCUT2D eigenvalue weighted by Gasteiger charge is -2.08. The van der Waals surface area contributed by atoms with Crippen molar-refractivity contribution in [3.63, 3.8) is 0 Å². The van der Waals surface area contributed by atoms with E-state index in [1.165, 1.54) is 12.1 Å². The maximum atomic E-state index is 12.2. The molecule has 3 rings (SSSR count). The first kappa shape index (κ1) is 17.0. The summed E-state index contributed by atoms with van der Waals surface area (Å²) in [5.74, 6) is -1.08. The van der Waals surface area contributed by atoms with Gasteiger partial charge in [-0.25, -0.2) is 0 Å². The number of hydrazine groups is 1. The van der Waals surface area contributed by atoms with E-state index >= 15 is 0 Å². The number of carbonyl (C=O) groups is 2. The SMILES string of the molecule is Cc1[nH]c2ccc(Br)cc2c1CC(=O)NNC(=O)c1ccccc1O. The molecule has 0 saturated heterocycles. The Balaban J connectivity index is 1.69. The van der Waals surface area contributed by atoms with Crippen LogP contribution in [0.25, 0.3) is 10.9 Å². The maximum absolute atomic E-state index is 12.2. The van der Waals surface area contributed by atoms with E-state index in [0.29, 0.717) is 0 Å². The molecule has 6 nitrogen and oxygen atoms in total. The van der Waals surface area contributed by atoms with Gasteiger partial charge in [0.15, 0.2) is 0 Å². The van der Waals surface area contributed by atoms with E-state index < -0.39 is 5.91 Å². The highest BCUT2D eigenvalue weighted by atomic mass is 79.9. The molecule has 0 bridgehead atoms. The molecule has 0 atom stereocenters. The molecule has 3 aromatic rings. The van der Waals surface area contributed by atoms with Crippen LogP contribution in [0.4, 0.5) is 0 Å². The first-order valence-electron chi connectivity index (χ1n) is 7.59. The van der Waals surface area contributed by atoms with Gasteiger partial charge in [0.25, 0.3) is 5.91 Å². The normalized spacial score (nSPS) is 10.6. The number of aromatic amines is 1. The van der Waals surface area contributed by atoms with Gasteiger partial charge in [0.05, 0.1) is 12.0 Å². The van der Waals surface area contributed by atoms with Crippen LogP contribution in [0, 0.1) is 6.92 Å². The number of H-pyrrole nitrogens is 1. The van der Waals surface area contributed by atoms with Crippen LogP contribution in [0.3, 0.4) is 0 Å². The number of aryl methyl sites for hydroxylation is 1. The Morgan fingerprint density at radius 3 is 2.68 bits per heavy atom. The summed E-state index contributed by atoms with van der Waals surface area (Å²) in [7, 11) is 0. The molecule has 0 radical (unpaired) electrons. The van der Waals surface area contributed by atoms with Crippen LogP contribution in [0.15, 0.2) is 46.9 Å². The van der Waals surface area contributed by atoms with Crippen molar-refractivity contribution in [2.75, 3.05) is 0 Å². The van der Waals surface area contributed by atoms with Gasteiger partial charge in [0.2, 0.25) is 5.91 Å². The summed E-state index contributed by atoms with van der Waals surface area (Å²) >= 11 is 3.43.